The molecule has 3 unspecified atom stereocenters. The van der Waals surface area contributed by atoms with Gasteiger partial charge in [-0.2, -0.15) is 0 Å². The van der Waals surface area contributed by atoms with E-state index in [9.17, 15) is 19.4 Å². The average Bonchev–Trinajstić information content (AvgIpc) is 3.21. The Morgan fingerprint density at radius 1 is 0.508 bits per heavy atom. The molecular formula is C52H107N2O6P. The molecule has 366 valence electrons. The van der Waals surface area contributed by atoms with Crippen molar-refractivity contribution in [1.82, 2.24) is 5.32 Å². The fourth-order valence-corrected chi connectivity index (χ4v) is 9.06. The molecule has 2 N–H and O–H groups in total. The van der Waals surface area contributed by atoms with Crippen molar-refractivity contribution >= 4 is 13.7 Å². The summed E-state index contributed by atoms with van der Waals surface area (Å²) in [6.07, 6.45) is 52.1. The van der Waals surface area contributed by atoms with Crippen molar-refractivity contribution in [3.05, 3.63) is 0 Å². The number of aliphatic hydroxyl groups excluding tert-OH is 1. The van der Waals surface area contributed by atoms with E-state index in [2.05, 4.69) is 19.2 Å². The van der Waals surface area contributed by atoms with E-state index in [0.717, 1.165) is 51.4 Å². The number of rotatable bonds is 50. The lowest BCUT2D eigenvalue weighted by molar-refractivity contribution is -0.870. The van der Waals surface area contributed by atoms with Crippen LogP contribution < -0.4 is 10.2 Å². The molecule has 0 saturated heterocycles. The van der Waals surface area contributed by atoms with Gasteiger partial charge in [0, 0.05) is 6.42 Å². The molecule has 0 fully saturated rings. The summed E-state index contributed by atoms with van der Waals surface area (Å²) in [6.45, 7) is 4.66. The Morgan fingerprint density at radius 2 is 0.803 bits per heavy atom. The molecule has 9 heteroatoms. The van der Waals surface area contributed by atoms with Gasteiger partial charge in [-0.15, -0.1) is 0 Å². The third-order valence-corrected chi connectivity index (χ3v) is 13.6. The number of phosphoric acid groups is 1. The maximum absolute atomic E-state index is 12.8. The lowest BCUT2D eigenvalue weighted by Crippen LogP contribution is -2.46. The minimum Gasteiger partial charge on any atom is -0.756 e. The summed E-state index contributed by atoms with van der Waals surface area (Å²) in [4.78, 5) is 25.2. The van der Waals surface area contributed by atoms with Crippen LogP contribution in [0.5, 0.6) is 0 Å². The Hall–Kier alpha value is -0.500. The number of nitrogens with zero attached hydrogens (tertiary/aromatic N) is 1. The van der Waals surface area contributed by atoms with E-state index >= 15 is 0 Å². The van der Waals surface area contributed by atoms with Crippen LogP contribution in [0, 0.1) is 0 Å². The van der Waals surface area contributed by atoms with Crippen LogP contribution in [0.3, 0.4) is 0 Å². The molecule has 0 aliphatic rings. The highest BCUT2D eigenvalue weighted by molar-refractivity contribution is 7.45. The first-order chi connectivity index (χ1) is 29.5. The topological polar surface area (TPSA) is 108 Å². The van der Waals surface area contributed by atoms with Gasteiger partial charge < -0.3 is 28.8 Å². The second-order valence-corrected chi connectivity index (χ2v) is 21.4. The highest BCUT2D eigenvalue weighted by Gasteiger charge is 2.24. The van der Waals surface area contributed by atoms with Crippen molar-refractivity contribution in [2.24, 2.45) is 0 Å². The zero-order chi connectivity index (χ0) is 45.0. The summed E-state index contributed by atoms with van der Waals surface area (Å²) < 4.78 is 23.1. The number of phosphoric ester groups is 1. The Labute approximate surface area is 380 Å². The molecule has 61 heavy (non-hydrogen) atoms. The molecule has 0 aromatic rings. The van der Waals surface area contributed by atoms with Gasteiger partial charge in [0.15, 0.2) is 0 Å². The molecule has 0 spiro atoms. The van der Waals surface area contributed by atoms with E-state index in [0.29, 0.717) is 23.9 Å². The van der Waals surface area contributed by atoms with Crippen LogP contribution in [0.25, 0.3) is 0 Å². The number of hydrogen-bond donors (Lipinski definition) is 2. The van der Waals surface area contributed by atoms with Gasteiger partial charge in [0.05, 0.1) is 39.9 Å². The van der Waals surface area contributed by atoms with Crippen LogP contribution in [0.4, 0.5) is 0 Å². The molecular weight excluding hydrogens is 780 g/mol. The molecule has 0 radical (unpaired) electrons. The fraction of sp³-hybridized carbons (Fsp3) is 0.981. The third kappa shape index (κ3) is 47.3. The summed E-state index contributed by atoms with van der Waals surface area (Å²) >= 11 is 0. The minimum atomic E-state index is -4.54. The van der Waals surface area contributed by atoms with Gasteiger partial charge in [-0.3, -0.25) is 9.36 Å². The van der Waals surface area contributed by atoms with Crippen molar-refractivity contribution in [2.75, 3.05) is 40.9 Å². The van der Waals surface area contributed by atoms with Crippen molar-refractivity contribution in [3.63, 3.8) is 0 Å². The van der Waals surface area contributed by atoms with Crippen LogP contribution in [-0.4, -0.2) is 68.5 Å². The van der Waals surface area contributed by atoms with Gasteiger partial charge in [0.25, 0.3) is 7.82 Å². The average molecular weight is 887 g/mol. The Bertz CT molecular complexity index is 963. The van der Waals surface area contributed by atoms with Crippen molar-refractivity contribution in [1.29, 1.82) is 0 Å². The third-order valence-electron chi connectivity index (χ3n) is 12.6. The van der Waals surface area contributed by atoms with E-state index in [1.165, 1.54) is 199 Å². The van der Waals surface area contributed by atoms with Gasteiger partial charge in [-0.05, 0) is 12.8 Å². The molecule has 0 aliphatic heterocycles. The molecule has 0 aliphatic carbocycles. The number of carbonyl (C=O) groups is 1. The Kier molecular flexibility index (Phi) is 44.3. The first kappa shape index (κ1) is 60.5. The van der Waals surface area contributed by atoms with E-state index < -0.39 is 20.0 Å². The van der Waals surface area contributed by atoms with Gasteiger partial charge in [-0.1, -0.05) is 258 Å². The number of nitrogens with one attached hydrogen (secondary N) is 1. The van der Waals surface area contributed by atoms with E-state index in [4.69, 9.17) is 9.05 Å². The summed E-state index contributed by atoms with van der Waals surface area (Å²) in [5, 5.41) is 13.7. The first-order valence-electron chi connectivity index (χ1n) is 26.9. The standard InChI is InChI=1S/C52H107N2O6P/c1-6-8-10-12-13-14-15-16-17-18-19-20-21-22-23-24-25-26-27-28-29-30-31-32-33-34-35-36-37-38-39-40-42-44-46-52(56)53-50(51(55)45-43-41-11-9-7-2)49-60-61(57,58)59-48-47-54(3,4)5/h50-51,55H,6-49H2,1-5H3,(H-,53,56,57,58). The van der Waals surface area contributed by atoms with Crippen LogP contribution in [-0.2, 0) is 18.4 Å². The maximum Gasteiger partial charge on any atom is 0.268 e. The van der Waals surface area contributed by atoms with Crippen LogP contribution in [0.2, 0.25) is 0 Å². The molecule has 0 rings (SSSR count). The van der Waals surface area contributed by atoms with Gasteiger partial charge in [-0.25, -0.2) is 0 Å². The smallest absolute Gasteiger partial charge is 0.268 e. The number of carbonyl (C=O) groups excluding carboxylic acids is 1. The van der Waals surface area contributed by atoms with E-state index in [1.807, 2.05) is 21.1 Å². The molecule has 0 saturated carbocycles. The number of quaternary nitrogens is 1. The second-order valence-electron chi connectivity index (χ2n) is 20.0. The van der Waals surface area contributed by atoms with Gasteiger partial charge in [0.1, 0.15) is 13.2 Å². The number of amides is 1. The number of unbranched alkanes of at least 4 members (excludes halogenated alkanes) is 37. The highest BCUT2D eigenvalue weighted by atomic mass is 31.2. The molecule has 0 bridgehead atoms. The highest BCUT2D eigenvalue weighted by Crippen LogP contribution is 2.38. The quantitative estimate of drug-likeness (QED) is 0.0358. The molecule has 0 aromatic carbocycles. The van der Waals surface area contributed by atoms with E-state index in [-0.39, 0.29) is 19.1 Å². The SMILES string of the molecule is CCCCCCCCCCCCCCCCCCCCCCCCCCCCCCCCCCCCC(=O)NC(COP(=O)([O-])OCC[N+](C)(C)C)C(O)CCCCCCC. The van der Waals surface area contributed by atoms with Crippen LogP contribution in [0.15, 0.2) is 0 Å². The summed E-state index contributed by atoms with van der Waals surface area (Å²) in [6, 6.07) is -0.791. The van der Waals surface area contributed by atoms with Crippen LogP contribution >= 0.6 is 7.82 Å². The number of aliphatic hydroxyl groups is 1. The van der Waals surface area contributed by atoms with Gasteiger partial charge in [0.2, 0.25) is 5.91 Å². The largest absolute Gasteiger partial charge is 0.756 e. The number of hydrogen-bond acceptors (Lipinski definition) is 6. The summed E-state index contributed by atoms with van der Waals surface area (Å²) in [7, 11) is 1.31. The van der Waals surface area contributed by atoms with Crippen molar-refractivity contribution < 1.29 is 32.9 Å². The fourth-order valence-electron chi connectivity index (χ4n) is 8.34. The van der Waals surface area contributed by atoms with Crippen molar-refractivity contribution in [3.8, 4) is 0 Å². The molecule has 8 nitrogen and oxygen atoms in total. The Balaban J connectivity index is 3.69. The predicted molar refractivity (Wildman–Crippen MR) is 261 cm³/mol. The maximum atomic E-state index is 12.8. The van der Waals surface area contributed by atoms with E-state index in [1.54, 1.807) is 0 Å². The van der Waals surface area contributed by atoms with Gasteiger partial charge >= 0.3 is 0 Å². The molecule has 0 heterocycles. The monoisotopic (exact) mass is 887 g/mol. The first-order valence-corrected chi connectivity index (χ1v) is 28.3. The normalized spacial score (nSPS) is 14.0. The Morgan fingerprint density at radius 3 is 1.11 bits per heavy atom. The molecule has 1 amide bonds. The number of likely N-dealkylation sites (N-methyl/N-ethyl adjacent to an activating group) is 1. The predicted octanol–water partition coefficient (Wildman–Crippen LogP) is 15.1. The lowest BCUT2D eigenvalue weighted by atomic mass is 10.0. The zero-order valence-corrected chi connectivity index (χ0v) is 42.5. The summed E-state index contributed by atoms with van der Waals surface area (Å²) in [5.74, 6) is -0.166. The second kappa shape index (κ2) is 44.7. The minimum absolute atomic E-state index is 0.0149. The van der Waals surface area contributed by atoms with Crippen molar-refractivity contribution in [2.45, 2.75) is 289 Å². The zero-order valence-electron chi connectivity index (χ0n) is 41.7. The lowest BCUT2D eigenvalue weighted by Gasteiger charge is -2.30. The van der Waals surface area contributed by atoms with Crippen LogP contribution in [0.1, 0.15) is 277 Å². The molecule has 0 aromatic heterocycles. The molecule has 3 atom stereocenters. The summed E-state index contributed by atoms with van der Waals surface area (Å²) in [5.41, 5.74) is 0.